The van der Waals surface area contributed by atoms with Crippen LogP contribution in [0.2, 0.25) is 0 Å². The zero-order valence-corrected chi connectivity index (χ0v) is 13.3. The van der Waals surface area contributed by atoms with Gasteiger partial charge in [0.2, 0.25) is 11.0 Å². The average molecular weight is 313 g/mol. The summed E-state index contributed by atoms with van der Waals surface area (Å²) in [5, 5.41) is 12.8. The first-order chi connectivity index (χ1) is 10.8. The molecule has 0 radical (unpaired) electrons. The number of hydrogen-bond donors (Lipinski definition) is 1. The standard InChI is InChI=1S/C17H19N3OS/c21-15(18-17-20-19-16(22-17)13-7-8-13)10-11-5-6-12-3-1-2-4-14(12)9-11/h5-6,9,13H,1-4,7-8,10H2,(H,18,20,21). The molecule has 2 aromatic rings. The molecule has 4 nitrogen and oxygen atoms in total. The predicted molar refractivity (Wildman–Crippen MR) is 87.3 cm³/mol. The smallest absolute Gasteiger partial charge is 0.230 e. The van der Waals surface area contributed by atoms with Gasteiger partial charge in [-0.1, -0.05) is 29.5 Å². The largest absolute Gasteiger partial charge is 0.300 e. The van der Waals surface area contributed by atoms with Crippen molar-refractivity contribution in [1.82, 2.24) is 10.2 Å². The van der Waals surface area contributed by atoms with Crippen LogP contribution in [0.25, 0.3) is 0 Å². The second-order valence-corrected chi connectivity index (χ2v) is 7.26. The second kappa shape index (κ2) is 5.80. The number of amides is 1. The van der Waals surface area contributed by atoms with Crippen LogP contribution in [0.15, 0.2) is 18.2 Å². The molecule has 0 atom stereocenters. The number of nitrogens with one attached hydrogen (secondary N) is 1. The third-order valence-corrected chi connectivity index (χ3v) is 5.39. The number of benzene rings is 1. The maximum atomic E-state index is 12.2. The maximum absolute atomic E-state index is 12.2. The zero-order valence-electron chi connectivity index (χ0n) is 12.5. The van der Waals surface area contributed by atoms with Gasteiger partial charge in [0.05, 0.1) is 6.42 Å². The number of aromatic nitrogens is 2. The highest BCUT2D eigenvalue weighted by Gasteiger charge is 2.27. The van der Waals surface area contributed by atoms with Gasteiger partial charge in [0.25, 0.3) is 0 Å². The molecular weight excluding hydrogens is 294 g/mol. The van der Waals surface area contributed by atoms with E-state index in [0.717, 1.165) is 17.0 Å². The minimum Gasteiger partial charge on any atom is -0.300 e. The van der Waals surface area contributed by atoms with Gasteiger partial charge in [-0.15, -0.1) is 10.2 Å². The number of carbonyl (C=O) groups is 1. The molecule has 2 aliphatic rings. The van der Waals surface area contributed by atoms with Crippen LogP contribution in [-0.4, -0.2) is 16.1 Å². The van der Waals surface area contributed by atoms with Gasteiger partial charge in [0, 0.05) is 5.92 Å². The Bertz CT molecular complexity index is 706. The lowest BCUT2D eigenvalue weighted by Gasteiger charge is -2.16. The van der Waals surface area contributed by atoms with Crippen LogP contribution in [-0.2, 0) is 24.1 Å². The molecule has 0 aliphatic heterocycles. The number of rotatable bonds is 4. The van der Waals surface area contributed by atoms with Crippen LogP contribution in [0.5, 0.6) is 0 Å². The highest BCUT2D eigenvalue weighted by molar-refractivity contribution is 7.15. The molecule has 5 heteroatoms. The summed E-state index contributed by atoms with van der Waals surface area (Å²) in [6.45, 7) is 0. The number of anilines is 1. The Morgan fingerprint density at radius 1 is 1.18 bits per heavy atom. The summed E-state index contributed by atoms with van der Waals surface area (Å²) in [5.74, 6) is 0.582. The second-order valence-electron chi connectivity index (χ2n) is 6.25. The Morgan fingerprint density at radius 3 is 2.82 bits per heavy atom. The third-order valence-electron chi connectivity index (χ3n) is 4.39. The molecule has 114 valence electrons. The van der Waals surface area contributed by atoms with E-state index in [4.69, 9.17) is 0 Å². The number of aryl methyl sites for hydroxylation is 2. The van der Waals surface area contributed by atoms with Crippen LogP contribution in [0.1, 0.15) is 53.3 Å². The van der Waals surface area contributed by atoms with Crippen molar-refractivity contribution in [2.45, 2.75) is 50.9 Å². The molecule has 1 aromatic carbocycles. The molecule has 1 saturated carbocycles. The fourth-order valence-electron chi connectivity index (χ4n) is 3.03. The van der Waals surface area contributed by atoms with Gasteiger partial charge in [-0.3, -0.25) is 4.79 Å². The lowest BCUT2D eigenvalue weighted by atomic mass is 9.90. The lowest BCUT2D eigenvalue weighted by molar-refractivity contribution is -0.115. The molecule has 1 heterocycles. The van der Waals surface area contributed by atoms with Crippen LogP contribution in [0.4, 0.5) is 5.13 Å². The summed E-state index contributed by atoms with van der Waals surface area (Å²) in [7, 11) is 0. The van der Waals surface area contributed by atoms with Gasteiger partial charge in [-0.05, 0) is 55.2 Å². The van der Waals surface area contributed by atoms with E-state index in [9.17, 15) is 4.79 Å². The SMILES string of the molecule is O=C(Cc1ccc2c(c1)CCCC2)Nc1nnc(C2CC2)s1. The van der Waals surface area contributed by atoms with Crippen molar-refractivity contribution in [2.24, 2.45) is 0 Å². The lowest BCUT2D eigenvalue weighted by Crippen LogP contribution is -2.15. The Morgan fingerprint density at radius 2 is 2.00 bits per heavy atom. The van der Waals surface area contributed by atoms with Gasteiger partial charge < -0.3 is 5.32 Å². The Kier molecular flexibility index (Phi) is 3.66. The van der Waals surface area contributed by atoms with Crippen molar-refractivity contribution in [3.63, 3.8) is 0 Å². The van der Waals surface area contributed by atoms with Crippen molar-refractivity contribution in [1.29, 1.82) is 0 Å². The van der Waals surface area contributed by atoms with Crippen molar-refractivity contribution < 1.29 is 4.79 Å². The van der Waals surface area contributed by atoms with Gasteiger partial charge in [0.15, 0.2) is 0 Å². The van der Waals surface area contributed by atoms with E-state index in [0.29, 0.717) is 17.5 Å². The molecule has 1 amide bonds. The van der Waals surface area contributed by atoms with E-state index in [-0.39, 0.29) is 5.91 Å². The van der Waals surface area contributed by atoms with Crippen molar-refractivity contribution >= 4 is 22.4 Å². The summed E-state index contributed by atoms with van der Waals surface area (Å²) in [5.41, 5.74) is 3.96. The first-order valence-corrected chi connectivity index (χ1v) is 8.83. The molecule has 1 N–H and O–H groups in total. The minimum atomic E-state index is -0.00532. The molecule has 22 heavy (non-hydrogen) atoms. The number of fused-ring (bicyclic) bond motifs is 1. The Balaban J connectivity index is 1.40. The first-order valence-electron chi connectivity index (χ1n) is 8.02. The molecule has 1 fully saturated rings. The first kappa shape index (κ1) is 13.9. The molecule has 0 spiro atoms. The number of nitrogens with zero attached hydrogens (tertiary/aromatic N) is 2. The summed E-state index contributed by atoms with van der Waals surface area (Å²) >= 11 is 1.51. The Hall–Kier alpha value is -1.75. The fourth-order valence-corrected chi connectivity index (χ4v) is 3.95. The molecule has 0 saturated heterocycles. The minimum absolute atomic E-state index is 0.00532. The molecular formula is C17H19N3OS. The topological polar surface area (TPSA) is 54.9 Å². The van der Waals surface area contributed by atoms with E-state index in [2.05, 4.69) is 33.7 Å². The number of carbonyl (C=O) groups excluding carboxylic acids is 1. The quantitative estimate of drug-likeness (QED) is 0.940. The fraction of sp³-hybridized carbons (Fsp3) is 0.471. The van der Waals surface area contributed by atoms with Gasteiger partial charge >= 0.3 is 0 Å². The van der Waals surface area contributed by atoms with E-state index in [1.54, 1.807) is 0 Å². The monoisotopic (exact) mass is 313 g/mol. The molecule has 1 aromatic heterocycles. The Labute approximate surface area is 134 Å². The molecule has 0 unspecified atom stereocenters. The highest BCUT2D eigenvalue weighted by atomic mass is 32.1. The van der Waals surface area contributed by atoms with Gasteiger partial charge in [-0.25, -0.2) is 0 Å². The van der Waals surface area contributed by atoms with Crippen LogP contribution >= 0.6 is 11.3 Å². The van der Waals surface area contributed by atoms with E-state index >= 15 is 0 Å². The molecule has 2 aliphatic carbocycles. The van der Waals surface area contributed by atoms with E-state index < -0.39 is 0 Å². The van der Waals surface area contributed by atoms with Crippen molar-refractivity contribution in [3.8, 4) is 0 Å². The van der Waals surface area contributed by atoms with Crippen LogP contribution < -0.4 is 5.32 Å². The molecule has 4 rings (SSSR count). The average Bonchev–Trinajstić information content (AvgIpc) is 3.28. The number of hydrogen-bond acceptors (Lipinski definition) is 4. The van der Waals surface area contributed by atoms with Crippen molar-refractivity contribution in [2.75, 3.05) is 5.32 Å². The van der Waals surface area contributed by atoms with Crippen LogP contribution in [0, 0.1) is 0 Å². The third kappa shape index (κ3) is 3.04. The predicted octanol–water partition coefficient (Wildman–Crippen LogP) is 3.48. The maximum Gasteiger partial charge on any atom is 0.230 e. The molecule has 0 bridgehead atoms. The summed E-state index contributed by atoms with van der Waals surface area (Å²) in [4.78, 5) is 12.2. The highest BCUT2D eigenvalue weighted by Crippen LogP contribution is 2.42. The van der Waals surface area contributed by atoms with Crippen molar-refractivity contribution in [3.05, 3.63) is 39.9 Å². The van der Waals surface area contributed by atoms with E-state index in [1.165, 1.54) is 54.6 Å². The van der Waals surface area contributed by atoms with Gasteiger partial charge in [-0.2, -0.15) is 0 Å². The van der Waals surface area contributed by atoms with E-state index in [1.807, 2.05) is 0 Å². The summed E-state index contributed by atoms with van der Waals surface area (Å²) < 4.78 is 0. The summed E-state index contributed by atoms with van der Waals surface area (Å²) in [6.07, 6.45) is 7.69. The summed E-state index contributed by atoms with van der Waals surface area (Å²) in [6, 6.07) is 6.47. The normalized spacial score (nSPS) is 17.1. The van der Waals surface area contributed by atoms with Crippen LogP contribution in [0.3, 0.4) is 0 Å². The van der Waals surface area contributed by atoms with Gasteiger partial charge in [0.1, 0.15) is 5.01 Å². The zero-order chi connectivity index (χ0) is 14.9.